The van der Waals surface area contributed by atoms with Gasteiger partial charge in [-0.3, -0.25) is 14.4 Å². The van der Waals surface area contributed by atoms with Crippen molar-refractivity contribution in [2.75, 3.05) is 6.54 Å². The summed E-state index contributed by atoms with van der Waals surface area (Å²) in [6.07, 6.45) is 3.66. The lowest BCUT2D eigenvalue weighted by atomic mass is 9.85. The lowest BCUT2D eigenvalue weighted by Crippen LogP contribution is -2.40. The number of piperidine rings is 1. The maximum Gasteiger partial charge on any atom is 0.332 e. The Morgan fingerprint density at radius 3 is 2.69 bits per heavy atom. The summed E-state index contributed by atoms with van der Waals surface area (Å²) < 4.78 is 14.2. The molecule has 1 saturated carbocycles. The first-order valence-electron chi connectivity index (χ1n) is 11.7. The molecule has 4 rings (SSSR count). The van der Waals surface area contributed by atoms with Crippen LogP contribution in [-0.2, 0) is 19.2 Å². The molecule has 2 fully saturated rings. The molecule has 1 saturated heterocycles. The SMILES string of the molecule is CC(CC(=O)ONC(=O)[C@@H](CC1CC1)c1c(C(N)=O)[nH]c2c(Cl)cc(F)cc12)[C@@H]1CCCNC1=O. The van der Waals surface area contributed by atoms with E-state index in [9.17, 15) is 23.6 Å². The maximum atomic E-state index is 14.2. The van der Waals surface area contributed by atoms with Crippen molar-refractivity contribution in [3.63, 3.8) is 0 Å². The van der Waals surface area contributed by atoms with Crippen molar-refractivity contribution in [3.8, 4) is 0 Å². The number of fused-ring (bicyclic) bond motifs is 1. The van der Waals surface area contributed by atoms with E-state index in [-0.39, 0.29) is 51.7 Å². The number of nitrogens with two attached hydrogens (primary N) is 1. The van der Waals surface area contributed by atoms with Crippen molar-refractivity contribution in [2.45, 2.75) is 51.4 Å². The Morgan fingerprint density at radius 1 is 1.29 bits per heavy atom. The highest BCUT2D eigenvalue weighted by Crippen LogP contribution is 2.42. The molecule has 188 valence electrons. The lowest BCUT2D eigenvalue weighted by molar-refractivity contribution is -0.160. The molecule has 1 aliphatic heterocycles. The number of carbonyl (C=O) groups excluding carboxylic acids is 4. The summed E-state index contributed by atoms with van der Waals surface area (Å²) in [5, 5.41) is 3.11. The Bertz CT molecular complexity index is 1180. The third-order valence-corrected chi connectivity index (χ3v) is 7.11. The Hall–Kier alpha value is -3.14. The topological polar surface area (TPSA) is 143 Å². The summed E-state index contributed by atoms with van der Waals surface area (Å²) in [4.78, 5) is 57.7. The number of aromatic amines is 1. The van der Waals surface area contributed by atoms with E-state index in [2.05, 4.69) is 15.8 Å². The van der Waals surface area contributed by atoms with Crippen LogP contribution in [-0.4, -0.2) is 35.2 Å². The normalized spacial score (nSPS) is 19.6. The van der Waals surface area contributed by atoms with Crippen LogP contribution in [0.2, 0.25) is 5.02 Å². The molecule has 1 aromatic carbocycles. The molecule has 0 bridgehead atoms. The van der Waals surface area contributed by atoms with Gasteiger partial charge in [0.15, 0.2) is 0 Å². The fourth-order valence-corrected chi connectivity index (χ4v) is 5.06. The lowest BCUT2D eigenvalue weighted by Gasteiger charge is -2.26. The van der Waals surface area contributed by atoms with E-state index in [1.165, 1.54) is 6.07 Å². The second kappa shape index (κ2) is 10.2. The summed E-state index contributed by atoms with van der Waals surface area (Å²) >= 11 is 6.16. The highest BCUT2D eigenvalue weighted by Gasteiger charge is 2.36. The predicted molar refractivity (Wildman–Crippen MR) is 126 cm³/mol. The minimum absolute atomic E-state index is 0.0449. The number of hydrogen-bond acceptors (Lipinski definition) is 5. The van der Waals surface area contributed by atoms with Gasteiger partial charge in [0, 0.05) is 23.4 Å². The molecule has 2 aromatic rings. The highest BCUT2D eigenvalue weighted by molar-refractivity contribution is 6.35. The van der Waals surface area contributed by atoms with Crippen LogP contribution in [0.25, 0.3) is 10.9 Å². The number of primary amides is 1. The van der Waals surface area contributed by atoms with Gasteiger partial charge in [0.2, 0.25) is 5.91 Å². The van der Waals surface area contributed by atoms with E-state index in [1.807, 2.05) is 0 Å². The molecule has 5 N–H and O–H groups in total. The number of carbonyl (C=O) groups is 4. The molecule has 1 unspecified atom stereocenters. The summed E-state index contributed by atoms with van der Waals surface area (Å²) in [7, 11) is 0. The molecule has 35 heavy (non-hydrogen) atoms. The first kappa shape index (κ1) is 25.0. The highest BCUT2D eigenvalue weighted by atomic mass is 35.5. The van der Waals surface area contributed by atoms with Crippen LogP contribution >= 0.6 is 11.6 Å². The fraction of sp³-hybridized carbons (Fsp3) is 0.500. The van der Waals surface area contributed by atoms with Crippen LogP contribution in [0.5, 0.6) is 0 Å². The number of hydroxylamine groups is 1. The van der Waals surface area contributed by atoms with Gasteiger partial charge in [0.25, 0.3) is 11.8 Å². The molecule has 11 heteroatoms. The fourth-order valence-electron chi connectivity index (χ4n) is 4.80. The van der Waals surface area contributed by atoms with Crippen LogP contribution in [0, 0.1) is 23.6 Å². The third-order valence-electron chi connectivity index (χ3n) is 6.81. The standard InChI is InChI=1S/C24H28ClFN4O5/c1-11(14-3-2-6-28-23(14)33)7-18(31)35-30-24(34)16(8-12-4-5-12)19-15-9-13(26)10-17(25)20(15)29-21(19)22(27)32/h9-12,14,16,29H,2-8H2,1H3,(H2,27,32)(H,28,33)(H,30,34)/t11?,14-,16-/m0/s1. The second-order valence-electron chi connectivity index (χ2n) is 9.48. The molecule has 3 amide bonds. The zero-order valence-corrected chi connectivity index (χ0v) is 20.0. The number of rotatable bonds is 8. The number of hydrogen-bond donors (Lipinski definition) is 4. The van der Waals surface area contributed by atoms with Gasteiger partial charge >= 0.3 is 5.97 Å². The summed E-state index contributed by atoms with van der Waals surface area (Å²) in [5.74, 6) is -4.12. The molecule has 0 spiro atoms. The number of halogens is 2. The molecular weight excluding hydrogens is 479 g/mol. The molecule has 2 heterocycles. The average Bonchev–Trinajstić information content (AvgIpc) is 3.54. The largest absolute Gasteiger partial charge is 0.364 e. The Balaban J connectivity index is 1.52. The molecule has 1 aromatic heterocycles. The molecule has 9 nitrogen and oxygen atoms in total. The maximum absolute atomic E-state index is 14.2. The number of H-pyrrole nitrogens is 1. The second-order valence-corrected chi connectivity index (χ2v) is 9.89. The van der Waals surface area contributed by atoms with Gasteiger partial charge in [-0.2, -0.15) is 5.48 Å². The van der Waals surface area contributed by atoms with E-state index in [1.54, 1.807) is 6.92 Å². The molecule has 2 aliphatic rings. The van der Waals surface area contributed by atoms with Crippen LogP contribution in [0.15, 0.2) is 12.1 Å². The number of nitrogens with one attached hydrogen (secondary N) is 3. The Morgan fingerprint density at radius 2 is 2.03 bits per heavy atom. The quantitative estimate of drug-likeness (QED) is 0.407. The van der Waals surface area contributed by atoms with E-state index in [0.717, 1.165) is 25.3 Å². The van der Waals surface area contributed by atoms with E-state index in [4.69, 9.17) is 22.2 Å². The van der Waals surface area contributed by atoms with Crippen LogP contribution in [0.4, 0.5) is 4.39 Å². The average molecular weight is 507 g/mol. The Labute approximate surface area is 206 Å². The first-order chi connectivity index (χ1) is 16.7. The minimum atomic E-state index is -0.925. The van der Waals surface area contributed by atoms with Crippen molar-refractivity contribution in [2.24, 2.45) is 23.5 Å². The van der Waals surface area contributed by atoms with E-state index >= 15 is 0 Å². The zero-order chi connectivity index (χ0) is 25.3. The van der Waals surface area contributed by atoms with Gasteiger partial charge < -0.3 is 20.9 Å². The van der Waals surface area contributed by atoms with Crippen molar-refractivity contribution in [1.29, 1.82) is 0 Å². The van der Waals surface area contributed by atoms with Gasteiger partial charge in [0.1, 0.15) is 11.5 Å². The molecular formula is C24H28ClFN4O5. The zero-order valence-electron chi connectivity index (χ0n) is 19.3. The minimum Gasteiger partial charge on any atom is -0.364 e. The molecule has 0 radical (unpaired) electrons. The summed E-state index contributed by atoms with van der Waals surface area (Å²) in [6.45, 7) is 2.42. The summed E-state index contributed by atoms with van der Waals surface area (Å²) in [5.41, 5.74) is 8.23. The van der Waals surface area contributed by atoms with Crippen LogP contribution in [0.1, 0.15) is 67.4 Å². The van der Waals surface area contributed by atoms with Gasteiger partial charge in [-0.05, 0) is 43.2 Å². The predicted octanol–water partition coefficient (Wildman–Crippen LogP) is 3.07. The van der Waals surface area contributed by atoms with Gasteiger partial charge in [-0.25, -0.2) is 9.18 Å². The number of amides is 3. The van der Waals surface area contributed by atoms with Gasteiger partial charge in [0.05, 0.1) is 22.9 Å². The number of aromatic nitrogens is 1. The van der Waals surface area contributed by atoms with E-state index < -0.39 is 29.5 Å². The van der Waals surface area contributed by atoms with E-state index in [0.29, 0.717) is 24.9 Å². The van der Waals surface area contributed by atoms with Crippen molar-refractivity contribution in [1.82, 2.24) is 15.8 Å². The van der Waals surface area contributed by atoms with Crippen molar-refractivity contribution < 1.29 is 28.4 Å². The third kappa shape index (κ3) is 5.58. The van der Waals surface area contributed by atoms with Crippen molar-refractivity contribution >= 4 is 46.2 Å². The first-order valence-corrected chi connectivity index (χ1v) is 12.1. The van der Waals surface area contributed by atoms with Crippen LogP contribution in [0.3, 0.4) is 0 Å². The molecule has 3 atom stereocenters. The summed E-state index contributed by atoms with van der Waals surface area (Å²) in [6, 6.07) is 2.29. The van der Waals surface area contributed by atoms with Crippen LogP contribution < -0.4 is 16.5 Å². The van der Waals surface area contributed by atoms with Crippen molar-refractivity contribution in [3.05, 3.63) is 34.2 Å². The smallest absolute Gasteiger partial charge is 0.332 e. The number of benzene rings is 1. The molecule has 1 aliphatic carbocycles. The van der Waals surface area contributed by atoms with Gasteiger partial charge in [-0.15, -0.1) is 0 Å². The monoisotopic (exact) mass is 506 g/mol. The van der Waals surface area contributed by atoms with Gasteiger partial charge in [-0.1, -0.05) is 31.4 Å². The Kier molecular flexibility index (Phi) is 7.30.